The summed E-state index contributed by atoms with van der Waals surface area (Å²) in [6.07, 6.45) is 4.72. The molecule has 3 atom stereocenters. The molecule has 3 fully saturated rings. The second-order valence-electron chi connectivity index (χ2n) is 8.30. The van der Waals surface area contributed by atoms with Crippen LogP contribution in [0.2, 0.25) is 0 Å². The highest BCUT2D eigenvalue weighted by molar-refractivity contribution is 6.00. The lowest BCUT2D eigenvalue weighted by Crippen LogP contribution is -3.14. The number of aliphatic carboxylic acids is 1. The van der Waals surface area contributed by atoms with E-state index < -0.39 is 11.9 Å². The number of carbonyl (C=O) groups is 3. The first kappa shape index (κ1) is 21.2. The average Bonchev–Trinajstić information content (AvgIpc) is 2.72. The Morgan fingerprint density at radius 3 is 2.64 bits per heavy atom. The molecule has 0 spiro atoms. The molecule has 3 saturated heterocycles. The highest BCUT2D eigenvalue weighted by Gasteiger charge is 2.38. The molecule has 0 saturated carbocycles. The van der Waals surface area contributed by atoms with Gasteiger partial charge in [0, 0.05) is 32.5 Å². The molecular weight excluding hydrogens is 364 g/mol. The maximum atomic E-state index is 12.9. The number of piperidine rings is 3. The van der Waals surface area contributed by atoms with Crippen LogP contribution in [-0.4, -0.2) is 78.5 Å². The standard InChI is InChI=1S/C19H32N4O5/c24-17-6-10-21(13-16(17)19(26)27)18(25)15-2-1-9-22(12-15)23(28)11-5-14-3-7-20-8-4-14/h14-16,20,23H,1-13H2,(H,26,27). The van der Waals surface area contributed by atoms with E-state index in [1.165, 1.54) is 4.90 Å². The average molecular weight is 396 g/mol. The number of ketones is 1. The summed E-state index contributed by atoms with van der Waals surface area (Å²) < 4.78 is 0. The van der Waals surface area contributed by atoms with Gasteiger partial charge in [-0.2, -0.15) is 5.01 Å². The van der Waals surface area contributed by atoms with Crippen molar-refractivity contribution in [3.63, 3.8) is 0 Å². The van der Waals surface area contributed by atoms with E-state index in [1.54, 1.807) is 5.01 Å². The number of likely N-dealkylation sites (tertiary alicyclic amines) is 1. The van der Waals surface area contributed by atoms with Crippen molar-refractivity contribution in [3.05, 3.63) is 5.21 Å². The summed E-state index contributed by atoms with van der Waals surface area (Å²) >= 11 is 0. The molecule has 3 rings (SSSR count). The Hall–Kier alpha value is -1.55. The van der Waals surface area contributed by atoms with Crippen molar-refractivity contribution in [3.8, 4) is 0 Å². The summed E-state index contributed by atoms with van der Waals surface area (Å²) in [5, 5.41) is 27.1. The van der Waals surface area contributed by atoms with Crippen molar-refractivity contribution >= 4 is 17.7 Å². The van der Waals surface area contributed by atoms with Gasteiger partial charge >= 0.3 is 5.97 Å². The van der Waals surface area contributed by atoms with E-state index in [0.717, 1.165) is 38.8 Å². The zero-order chi connectivity index (χ0) is 20.1. The van der Waals surface area contributed by atoms with Crippen LogP contribution in [0.15, 0.2) is 0 Å². The van der Waals surface area contributed by atoms with Crippen molar-refractivity contribution in [2.45, 2.75) is 38.5 Å². The van der Waals surface area contributed by atoms with Gasteiger partial charge < -0.3 is 20.5 Å². The summed E-state index contributed by atoms with van der Waals surface area (Å²) in [6.45, 7) is 3.90. The molecule has 0 aromatic rings. The minimum absolute atomic E-state index is 0.0485. The Morgan fingerprint density at radius 1 is 1.18 bits per heavy atom. The number of hydrogen-bond acceptors (Lipinski definition) is 6. The maximum Gasteiger partial charge on any atom is 0.315 e. The van der Waals surface area contributed by atoms with Gasteiger partial charge in [0.25, 0.3) is 0 Å². The minimum Gasteiger partial charge on any atom is -0.613 e. The fourth-order valence-electron chi connectivity index (χ4n) is 4.57. The normalized spacial score (nSPS) is 28.9. The quantitative estimate of drug-likeness (QED) is 0.385. The summed E-state index contributed by atoms with van der Waals surface area (Å²) in [5.41, 5.74) is 0. The Balaban J connectivity index is 1.50. The molecule has 0 radical (unpaired) electrons. The number of rotatable bonds is 6. The van der Waals surface area contributed by atoms with Crippen LogP contribution in [0.1, 0.15) is 38.5 Å². The molecule has 0 aromatic carbocycles. The first-order valence-electron chi connectivity index (χ1n) is 10.5. The van der Waals surface area contributed by atoms with E-state index in [-0.39, 0.29) is 42.3 Å². The molecule has 9 heteroatoms. The molecule has 28 heavy (non-hydrogen) atoms. The highest BCUT2D eigenvalue weighted by atomic mass is 16.5. The number of nitrogens with zero attached hydrogens (tertiary/aromatic N) is 2. The zero-order valence-corrected chi connectivity index (χ0v) is 16.4. The van der Waals surface area contributed by atoms with Gasteiger partial charge in [0.2, 0.25) is 5.91 Å². The molecule has 1 amide bonds. The summed E-state index contributed by atoms with van der Waals surface area (Å²) in [6, 6.07) is 0. The SMILES string of the molecule is O=C(O)C1CN(C(=O)C2CCCN([NH+]([O-])CCC3CCNCC3)C2)CCC1=O. The molecule has 9 nitrogen and oxygen atoms in total. The van der Waals surface area contributed by atoms with E-state index >= 15 is 0 Å². The van der Waals surface area contributed by atoms with Gasteiger partial charge in [-0.15, -0.1) is 0 Å². The molecule has 3 aliphatic rings. The van der Waals surface area contributed by atoms with Crippen LogP contribution in [0.4, 0.5) is 0 Å². The van der Waals surface area contributed by atoms with Crippen molar-refractivity contribution < 1.29 is 24.7 Å². The largest absolute Gasteiger partial charge is 0.613 e. The molecule has 0 aromatic heterocycles. The molecule has 0 bridgehead atoms. The molecule has 0 aliphatic carbocycles. The number of hydrogen-bond donors (Lipinski definition) is 3. The highest BCUT2D eigenvalue weighted by Crippen LogP contribution is 2.21. The number of nitrogens with one attached hydrogen (secondary N) is 2. The Bertz CT molecular complexity index is 581. The first-order chi connectivity index (χ1) is 13.5. The third-order valence-corrected chi connectivity index (χ3v) is 6.38. The lowest BCUT2D eigenvalue weighted by molar-refractivity contribution is -0.974. The van der Waals surface area contributed by atoms with Gasteiger partial charge in [0.05, 0.1) is 19.0 Å². The minimum atomic E-state index is -1.17. The van der Waals surface area contributed by atoms with Crippen LogP contribution in [0.25, 0.3) is 0 Å². The van der Waals surface area contributed by atoms with E-state index in [4.69, 9.17) is 0 Å². The van der Waals surface area contributed by atoms with Crippen molar-refractivity contribution in [2.75, 3.05) is 45.8 Å². The van der Waals surface area contributed by atoms with Gasteiger partial charge in [0.15, 0.2) is 5.78 Å². The molecular formula is C19H32N4O5. The molecule has 3 aliphatic heterocycles. The van der Waals surface area contributed by atoms with Crippen LogP contribution < -0.4 is 10.5 Å². The second kappa shape index (κ2) is 9.78. The topological polar surface area (TPSA) is 117 Å². The number of hydroxylamine groups is 1. The molecule has 158 valence electrons. The Morgan fingerprint density at radius 2 is 1.93 bits per heavy atom. The predicted molar refractivity (Wildman–Crippen MR) is 101 cm³/mol. The second-order valence-corrected chi connectivity index (χ2v) is 8.30. The fourth-order valence-corrected chi connectivity index (χ4v) is 4.57. The van der Waals surface area contributed by atoms with Crippen LogP contribution in [0.5, 0.6) is 0 Å². The lowest BCUT2D eigenvalue weighted by atomic mass is 9.92. The van der Waals surface area contributed by atoms with E-state index in [0.29, 0.717) is 32.0 Å². The maximum absolute atomic E-state index is 12.9. The molecule has 3 N–H and O–H groups in total. The van der Waals surface area contributed by atoms with Crippen molar-refractivity contribution in [1.29, 1.82) is 0 Å². The van der Waals surface area contributed by atoms with Gasteiger partial charge in [-0.05, 0) is 44.7 Å². The van der Waals surface area contributed by atoms with E-state index in [1.807, 2.05) is 0 Å². The van der Waals surface area contributed by atoms with Crippen molar-refractivity contribution in [1.82, 2.24) is 15.2 Å². The molecule has 3 heterocycles. The van der Waals surface area contributed by atoms with E-state index in [2.05, 4.69) is 5.32 Å². The number of Topliss-reactive ketones (excluding diaryl/α,β-unsaturated/α-hetero) is 1. The van der Waals surface area contributed by atoms with Crippen molar-refractivity contribution in [2.24, 2.45) is 17.8 Å². The predicted octanol–water partition coefficient (Wildman–Crippen LogP) is -1.11. The number of quaternary nitrogens is 1. The number of amides is 1. The summed E-state index contributed by atoms with van der Waals surface area (Å²) in [7, 11) is 0. The van der Waals surface area contributed by atoms with Gasteiger partial charge in [0.1, 0.15) is 5.92 Å². The van der Waals surface area contributed by atoms with Gasteiger partial charge in [-0.3, -0.25) is 19.6 Å². The first-order valence-corrected chi connectivity index (χ1v) is 10.5. The fraction of sp³-hybridized carbons (Fsp3) is 0.842. The lowest BCUT2D eigenvalue weighted by Gasteiger charge is -2.41. The number of carboxylic acids is 1. The van der Waals surface area contributed by atoms with Crippen LogP contribution >= 0.6 is 0 Å². The third kappa shape index (κ3) is 5.28. The monoisotopic (exact) mass is 396 g/mol. The van der Waals surface area contributed by atoms with Crippen LogP contribution in [-0.2, 0) is 14.4 Å². The van der Waals surface area contributed by atoms with Crippen LogP contribution in [0, 0.1) is 23.0 Å². The summed E-state index contributed by atoms with van der Waals surface area (Å²) in [4.78, 5) is 37.4. The van der Waals surface area contributed by atoms with E-state index in [9.17, 15) is 24.7 Å². The Labute approximate surface area is 165 Å². The van der Waals surface area contributed by atoms with Gasteiger partial charge in [-0.25, -0.2) is 0 Å². The smallest absolute Gasteiger partial charge is 0.315 e. The molecule has 3 unspecified atom stereocenters. The number of carboxylic acid groups (broad SMARTS) is 1. The van der Waals surface area contributed by atoms with Crippen LogP contribution in [0.3, 0.4) is 0 Å². The summed E-state index contributed by atoms with van der Waals surface area (Å²) in [5.74, 6) is -2.40. The Kier molecular flexibility index (Phi) is 7.39. The van der Waals surface area contributed by atoms with Gasteiger partial charge in [-0.1, -0.05) is 0 Å². The third-order valence-electron chi connectivity index (χ3n) is 6.38. The zero-order valence-electron chi connectivity index (χ0n) is 16.4. The number of carbonyl (C=O) groups excluding carboxylic acids is 2.